The van der Waals surface area contributed by atoms with Gasteiger partial charge in [-0.25, -0.2) is 14.5 Å². The van der Waals surface area contributed by atoms with E-state index in [9.17, 15) is 9.90 Å². The van der Waals surface area contributed by atoms with Gasteiger partial charge in [0.2, 0.25) is 0 Å². The van der Waals surface area contributed by atoms with Gasteiger partial charge >= 0.3 is 5.97 Å². The van der Waals surface area contributed by atoms with Crippen molar-refractivity contribution in [3.8, 4) is 21.9 Å². The largest absolute Gasteiger partial charge is 0.497 e. The minimum atomic E-state index is -1.05. The molecule has 8 heteroatoms. The molecule has 0 saturated carbocycles. The maximum absolute atomic E-state index is 11.9. The molecular formula is C24H24N4O3S. The number of hydrogen-bond acceptors (Lipinski definition) is 6. The van der Waals surface area contributed by atoms with Crippen molar-refractivity contribution in [1.82, 2.24) is 14.8 Å². The smallest absolute Gasteiger partial charge is 0.339 e. The quantitative estimate of drug-likeness (QED) is 0.362. The van der Waals surface area contributed by atoms with E-state index in [1.54, 1.807) is 19.4 Å². The Morgan fingerprint density at radius 3 is 2.75 bits per heavy atom. The zero-order valence-electron chi connectivity index (χ0n) is 18.1. The van der Waals surface area contributed by atoms with Crippen LogP contribution in [0.2, 0.25) is 0 Å². The number of thiophene rings is 1. The van der Waals surface area contributed by atoms with Gasteiger partial charge in [0.15, 0.2) is 5.82 Å². The van der Waals surface area contributed by atoms with Gasteiger partial charge in [-0.3, -0.25) is 0 Å². The molecule has 4 aromatic rings. The molecule has 4 rings (SSSR count). The number of aromatic nitrogens is 3. The molecule has 0 amide bonds. The highest BCUT2D eigenvalue weighted by atomic mass is 32.1. The van der Waals surface area contributed by atoms with Crippen LogP contribution in [0.5, 0.6) is 5.75 Å². The normalized spacial score (nSPS) is 11.0. The van der Waals surface area contributed by atoms with Gasteiger partial charge in [0.1, 0.15) is 17.1 Å². The Bertz CT molecular complexity index is 1230. The molecule has 164 valence electrons. The molecule has 7 nitrogen and oxygen atoms in total. The van der Waals surface area contributed by atoms with Gasteiger partial charge in [0.05, 0.1) is 12.8 Å². The predicted octanol–water partition coefficient (Wildman–Crippen LogP) is 5.64. The van der Waals surface area contributed by atoms with Crippen molar-refractivity contribution in [2.45, 2.75) is 20.3 Å². The number of carbonyl (C=O) groups is 1. The summed E-state index contributed by atoms with van der Waals surface area (Å²) in [6, 6.07) is 15.1. The molecule has 0 aliphatic carbocycles. The number of aromatic carboxylic acids is 1. The first-order valence-electron chi connectivity index (χ1n) is 10.2. The number of hydrogen-bond donors (Lipinski definition) is 2. The third kappa shape index (κ3) is 4.65. The fourth-order valence-electron chi connectivity index (χ4n) is 3.44. The lowest BCUT2D eigenvalue weighted by atomic mass is 10.1. The van der Waals surface area contributed by atoms with Crippen LogP contribution < -0.4 is 10.1 Å². The molecule has 0 aliphatic rings. The fraction of sp³-hybridized carbons (Fsp3) is 0.208. The summed E-state index contributed by atoms with van der Waals surface area (Å²) in [5, 5.41) is 19.5. The van der Waals surface area contributed by atoms with Crippen molar-refractivity contribution >= 4 is 28.9 Å². The van der Waals surface area contributed by atoms with Crippen LogP contribution in [0.1, 0.15) is 29.9 Å². The number of rotatable bonds is 8. The van der Waals surface area contributed by atoms with Crippen LogP contribution in [-0.4, -0.2) is 33.0 Å². The first-order chi connectivity index (χ1) is 15.4. The standard InChI is InChI=1S/C24H24N4O3S/c1-15(2)10-18-13-22(27-28(18)17-6-4-7-19(12-17)31-3)26-23-20(24(29)30)11-16(14-25-23)21-8-5-9-32-21/h4-9,11-15H,10H2,1-3H3,(H,29,30)(H,25,26,27). The van der Waals surface area contributed by atoms with E-state index in [1.165, 1.54) is 11.3 Å². The summed E-state index contributed by atoms with van der Waals surface area (Å²) < 4.78 is 7.20. The van der Waals surface area contributed by atoms with Crippen LogP contribution in [0.3, 0.4) is 0 Å². The summed E-state index contributed by atoms with van der Waals surface area (Å²) in [6.07, 6.45) is 2.48. The lowest BCUT2D eigenvalue weighted by Gasteiger charge is -2.10. The number of nitrogens with zero attached hydrogens (tertiary/aromatic N) is 3. The van der Waals surface area contributed by atoms with Gasteiger partial charge in [-0.2, -0.15) is 0 Å². The third-order valence-corrected chi connectivity index (χ3v) is 5.79. The summed E-state index contributed by atoms with van der Waals surface area (Å²) in [5.74, 6) is 0.892. The second kappa shape index (κ2) is 9.23. The minimum absolute atomic E-state index is 0.0947. The molecule has 32 heavy (non-hydrogen) atoms. The first kappa shape index (κ1) is 21.6. The van der Waals surface area contributed by atoms with E-state index < -0.39 is 5.97 Å². The summed E-state index contributed by atoms with van der Waals surface area (Å²) in [6.45, 7) is 4.28. The van der Waals surface area contributed by atoms with Crippen molar-refractivity contribution in [3.05, 3.63) is 71.4 Å². The second-order valence-corrected chi connectivity index (χ2v) is 8.71. The number of methoxy groups -OCH3 is 1. The highest BCUT2D eigenvalue weighted by Gasteiger charge is 2.17. The molecule has 0 radical (unpaired) electrons. The summed E-state index contributed by atoms with van der Waals surface area (Å²) in [4.78, 5) is 17.3. The van der Waals surface area contributed by atoms with Crippen LogP contribution in [0.25, 0.3) is 16.1 Å². The first-order valence-corrected chi connectivity index (χ1v) is 11.1. The van der Waals surface area contributed by atoms with Gasteiger partial charge in [0.25, 0.3) is 0 Å². The van der Waals surface area contributed by atoms with Crippen LogP contribution >= 0.6 is 11.3 Å². The van der Waals surface area contributed by atoms with Gasteiger partial charge in [0, 0.05) is 34.5 Å². The molecule has 0 unspecified atom stereocenters. The van der Waals surface area contributed by atoms with E-state index in [0.29, 0.717) is 11.7 Å². The Balaban J connectivity index is 1.71. The Morgan fingerprint density at radius 2 is 2.06 bits per heavy atom. The summed E-state index contributed by atoms with van der Waals surface area (Å²) >= 11 is 1.54. The lowest BCUT2D eigenvalue weighted by Crippen LogP contribution is -2.07. The molecule has 0 atom stereocenters. The fourth-order valence-corrected chi connectivity index (χ4v) is 4.15. The van der Waals surface area contributed by atoms with Gasteiger partial charge in [-0.15, -0.1) is 16.4 Å². The number of nitrogens with one attached hydrogen (secondary N) is 1. The number of pyridine rings is 1. The number of carboxylic acid groups (broad SMARTS) is 1. The number of anilines is 2. The molecule has 0 aliphatic heterocycles. The van der Waals surface area contributed by atoms with E-state index in [2.05, 4.69) is 24.1 Å². The Morgan fingerprint density at radius 1 is 1.22 bits per heavy atom. The summed E-state index contributed by atoms with van der Waals surface area (Å²) in [7, 11) is 1.63. The molecule has 0 spiro atoms. The highest BCUT2D eigenvalue weighted by Crippen LogP contribution is 2.29. The Kier molecular flexibility index (Phi) is 6.23. The molecule has 2 N–H and O–H groups in total. The van der Waals surface area contributed by atoms with Crippen molar-refractivity contribution < 1.29 is 14.6 Å². The van der Waals surface area contributed by atoms with Crippen molar-refractivity contribution in [1.29, 1.82) is 0 Å². The Hall–Kier alpha value is -3.65. The van der Waals surface area contributed by atoms with Crippen LogP contribution in [0.15, 0.2) is 60.1 Å². The molecule has 3 heterocycles. The zero-order valence-corrected chi connectivity index (χ0v) is 18.9. The number of ether oxygens (including phenoxy) is 1. The predicted molar refractivity (Wildman–Crippen MR) is 126 cm³/mol. The number of carboxylic acids is 1. The van der Waals surface area contributed by atoms with Crippen molar-refractivity contribution in [2.75, 3.05) is 12.4 Å². The minimum Gasteiger partial charge on any atom is -0.497 e. The van der Waals surface area contributed by atoms with E-state index in [0.717, 1.165) is 34.0 Å². The average molecular weight is 449 g/mol. The van der Waals surface area contributed by atoms with E-state index in [1.807, 2.05) is 52.5 Å². The van der Waals surface area contributed by atoms with E-state index in [4.69, 9.17) is 9.84 Å². The van der Waals surface area contributed by atoms with Gasteiger partial charge in [-0.1, -0.05) is 26.0 Å². The highest BCUT2D eigenvalue weighted by molar-refractivity contribution is 7.13. The van der Waals surface area contributed by atoms with Crippen LogP contribution in [0, 0.1) is 5.92 Å². The van der Waals surface area contributed by atoms with Crippen molar-refractivity contribution in [2.24, 2.45) is 5.92 Å². The van der Waals surface area contributed by atoms with Gasteiger partial charge < -0.3 is 15.2 Å². The molecule has 0 bridgehead atoms. The van der Waals surface area contributed by atoms with E-state index >= 15 is 0 Å². The monoisotopic (exact) mass is 448 g/mol. The maximum Gasteiger partial charge on any atom is 0.339 e. The lowest BCUT2D eigenvalue weighted by molar-refractivity contribution is 0.0697. The number of benzene rings is 1. The second-order valence-electron chi connectivity index (χ2n) is 7.76. The SMILES string of the molecule is COc1cccc(-n2nc(Nc3ncc(-c4cccs4)cc3C(=O)O)cc2CC(C)C)c1. The van der Waals surface area contributed by atoms with Crippen LogP contribution in [0.4, 0.5) is 11.6 Å². The Labute approximate surface area is 190 Å². The zero-order chi connectivity index (χ0) is 22.7. The summed E-state index contributed by atoms with van der Waals surface area (Å²) in [5.41, 5.74) is 2.73. The molecule has 3 aromatic heterocycles. The topological polar surface area (TPSA) is 89.3 Å². The molecule has 0 fully saturated rings. The van der Waals surface area contributed by atoms with Crippen LogP contribution in [-0.2, 0) is 6.42 Å². The third-order valence-electron chi connectivity index (χ3n) is 4.87. The average Bonchev–Trinajstić information content (AvgIpc) is 3.44. The van der Waals surface area contributed by atoms with E-state index in [-0.39, 0.29) is 11.4 Å². The molecule has 1 aromatic carbocycles. The molecule has 0 saturated heterocycles. The maximum atomic E-state index is 11.9. The van der Waals surface area contributed by atoms with Gasteiger partial charge in [-0.05, 0) is 42.0 Å². The van der Waals surface area contributed by atoms with Crippen molar-refractivity contribution in [3.63, 3.8) is 0 Å². The molecular weight excluding hydrogens is 424 g/mol.